The highest BCUT2D eigenvalue weighted by Crippen LogP contribution is 2.42. The molecule has 0 aliphatic carbocycles. The first-order valence-corrected chi connectivity index (χ1v) is 11.8. The minimum atomic E-state index is -1.71. The number of nitrogens with zero attached hydrogens (tertiary/aromatic N) is 4. The number of imidazole rings is 1. The second-order valence-electron chi connectivity index (χ2n) is 7.41. The third-order valence-electron chi connectivity index (χ3n) is 5.12. The number of nitrogens with one attached hydrogen (secondary N) is 1. The van der Waals surface area contributed by atoms with Gasteiger partial charge >= 0.3 is 14.5 Å². The molecule has 34 heavy (non-hydrogen) atoms. The van der Waals surface area contributed by atoms with Gasteiger partial charge in [-0.2, -0.15) is 0 Å². The van der Waals surface area contributed by atoms with Crippen LogP contribution >= 0.6 is 8.53 Å². The lowest BCUT2D eigenvalue weighted by Crippen LogP contribution is -2.33. The van der Waals surface area contributed by atoms with Crippen molar-refractivity contribution in [2.75, 3.05) is 25.5 Å². The van der Waals surface area contributed by atoms with Gasteiger partial charge in [-0.3, -0.25) is 9.36 Å². The fourth-order valence-electron chi connectivity index (χ4n) is 3.45. The monoisotopic (exact) mass is 484 g/mol. The van der Waals surface area contributed by atoms with Crippen molar-refractivity contribution in [2.45, 2.75) is 31.6 Å². The molecular formula is C22H25N6O5P. The molecule has 1 saturated heterocycles. The average molecular weight is 484 g/mol. The van der Waals surface area contributed by atoms with Crippen molar-refractivity contribution < 1.29 is 23.3 Å². The zero-order chi connectivity index (χ0) is 24.0. The Balaban J connectivity index is 1.44. The van der Waals surface area contributed by atoms with Gasteiger partial charge in [-0.25, -0.2) is 20.0 Å². The van der Waals surface area contributed by atoms with Gasteiger partial charge in [0.15, 0.2) is 17.1 Å². The quantitative estimate of drug-likeness (QED) is 0.251. The number of benzene rings is 1. The highest BCUT2D eigenvalue weighted by molar-refractivity contribution is 7.45. The van der Waals surface area contributed by atoms with E-state index in [0.29, 0.717) is 35.6 Å². The molecule has 3 heterocycles. The molecule has 1 aromatic carbocycles. The molecule has 2 aromatic heterocycles. The molecule has 0 amide bonds. The number of nitrogen functional groups attached to an aromatic ring is 1. The van der Waals surface area contributed by atoms with Crippen molar-refractivity contribution in [3.8, 4) is 18.1 Å². The predicted molar refractivity (Wildman–Crippen MR) is 125 cm³/mol. The Labute approximate surface area is 197 Å². The van der Waals surface area contributed by atoms with Crippen LogP contribution in [0.5, 0.6) is 5.75 Å². The van der Waals surface area contributed by atoms with Crippen LogP contribution in [0.2, 0.25) is 0 Å². The van der Waals surface area contributed by atoms with Crippen molar-refractivity contribution in [1.82, 2.24) is 24.6 Å². The van der Waals surface area contributed by atoms with E-state index < -0.39 is 26.3 Å². The van der Waals surface area contributed by atoms with E-state index in [2.05, 4.69) is 26.0 Å². The summed E-state index contributed by atoms with van der Waals surface area (Å²) in [6.07, 6.45) is 9.63. The molecular weight excluding hydrogens is 459 g/mol. The van der Waals surface area contributed by atoms with E-state index in [0.717, 1.165) is 0 Å². The summed E-state index contributed by atoms with van der Waals surface area (Å²) in [5.74, 6) is 3.21. The van der Waals surface area contributed by atoms with Gasteiger partial charge in [0.25, 0.3) is 0 Å². The summed E-state index contributed by atoms with van der Waals surface area (Å²) in [5, 5.41) is 2.96. The first kappa shape index (κ1) is 23.9. The molecule has 11 nitrogen and oxygen atoms in total. The topological polar surface area (TPSA) is 136 Å². The van der Waals surface area contributed by atoms with Crippen molar-refractivity contribution in [3.05, 3.63) is 43.0 Å². The molecule has 1 aliphatic rings. The van der Waals surface area contributed by atoms with Gasteiger partial charge in [-0.1, -0.05) is 24.1 Å². The minimum Gasteiger partial charge on any atom is -0.465 e. The van der Waals surface area contributed by atoms with Gasteiger partial charge in [-0.05, 0) is 31.9 Å². The van der Waals surface area contributed by atoms with Gasteiger partial charge in [0.05, 0.1) is 19.5 Å². The van der Waals surface area contributed by atoms with Gasteiger partial charge in [-0.15, -0.1) is 6.42 Å². The maximum absolute atomic E-state index is 11.8. The summed E-state index contributed by atoms with van der Waals surface area (Å²) in [4.78, 5) is 24.3. The molecule has 12 heteroatoms. The van der Waals surface area contributed by atoms with E-state index in [9.17, 15) is 4.79 Å². The Hall–Kier alpha value is -3.29. The maximum Gasteiger partial charge on any atom is 0.320 e. The number of nitrogens with two attached hydrogens (primary N) is 1. The van der Waals surface area contributed by atoms with Crippen LogP contribution in [0.4, 0.5) is 5.82 Å². The SMILES string of the molecule is C#CC1(CO[P@](NCC(=O)OCC)Oc2ccccc2)CCC(n2cnc3c(N)ncnc32)O1. The number of para-hydroxylation sites is 1. The fraction of sp³-hybridized carbons (Fsp3) is 0.364. The fourth-order valence-corrected chi connectivity index (χ4v) is 4.56. The van der Waals surface area contributed by atoms with Crippen LogP contribution < -0.4 is 15.3 Å². The summed E-state index contributed by atoms with van der Waals surface area (Å²) in [6.45, 7) is 2.01. The van der Waals surface area contributed by atoms with E-state index in [4.69, 9.17) is 30.7 Å². The molecule has 178 valence electrons. The largest absolute Gasteiger partial charge is 0.465 e. The lowest BCUT2D eigenvalue weighted by molar-refractivity contribution is -0.141. The predicted octanol–water partition coefficient (Wildman–Crippen LogP) is 2.56. The van der Waals surface area contributed by atoms with Gasteiger partial charge in [0.2, 0.25) is 0 Å². The number of carbonyl (C=O) groups excluding carboxylic acids is 1. The molecule has 2 unspecified atom stereocenters. The summed E-state index contributed by atoms with van der Waals surface area (Å²) in [7, 11) is -1.71. The number of carbonyl (C=O) groups is 1. The number of terminal acetylenes is 1. The second-order valence-corrected chi connectivity index (χ2v) is 8.68. The Morgan fingerprint density at radius 2 is 2.21 bits per heavy atom. The summed E-state index contributed by atoms with van der Waals surface area (Å²) >= 11 is 0. The van der Waals surface area contributed by atoms with E-state index in [1.54, 1.807) is 30.0 Å². The second kappa shape index (κ2) is 10.8. The van der Waals surface area contributed by atoms with E-state index >= 15 is 0 Å². The molecule has 3 N–H and O–H groups in total. The normalized spacial score (nSPS) is 20.6. The van der Waals surface area contributed by atoms with Crippen LogP contribution in [-0.2, 0) is 18.8 Å². The maximum atomic E-state index is 11.8. The molecule has 0 saturated carbocycles. The zero-order valence-electron chi connectivity index (χ0n) is 18.6. The summed E-state index contributed by atoms with van der Waals surface area (Å²) in [5.41, 5.74) is 5.96. The van der Waals surface area contributed by atoms with Crippen molar-refractivity contribution in [3.63, 3.8) is 0 Å². The zero-order valence-corrected chi connectivity index (χ0v) is 19.5. The van der Waals surface area contributed by atoms with Crippen molar-refractivity contribution in [2.24, 2.45) is 0 Å². The molecule has 1 fully saturated rings. The van der Waals surface area contributed by atoms with Crippen LogP contribution in [0.1, 0.15) is 26.0 Å². The average Bonchev–Trinajstić information content (AvgIpc) is 3.47. The number of aromatic nitrogens is 4. The Bertz CT molecular complexity index is 1170. The standard InChI is InChI=1S/C22H25N6O5P/c1-3-22(11-10-17(32-22)28-15-26-19-20(23)24-14-25-21(19)28)13-31-34(27-12-18(29)30-4-2)33-16-8-6-5-7-9-16/h1,5-9,14-15,17,27H,4,10-13H2,2H3,(H2,23,24,25)/t17?,22?,34-/m0/s1. The van der Waals surface area contributed by atoms with Gasteiger partial charge in [0, 0.05) is 0 Å². The van der Waals surface area contributed by atoms with Crippen molar-refractivity contribution in [1.29, 1.82) is 0 Å². The molecule has 0 bridgehead atoms. The molecule has 0 radical (unpaired) electrons. The number of rotatable bonds is 10. The number of hydrogen-bond donors (Lipinski definition) is 2. The third kappa shape index (κ3) is 5.43. The molecule has 3 aromatic rings. The first-order chi connectivity index (χ1) is 16.5. The van der Waals surface area contributed by atoms with E-state index in [1.807, 2.05) is 18.2 Å². The lowest BCUT2D eigenvalue weighted by Gasteiger charge is -2.26. The van der Waals surface area contributed by atoms with Crippen LogP contribution in [0.3, 0.4) is 0 Å². The highest BCUT2D eigenvalue weighted by Gasteiger charge is 2.41. The number of anilines is 1. The minimum absolute atomic E-state index is 0.0537. The molecule has 0 spiro atoms. The Kier molecular flexibility index (Phi) is 7.55. The summed E-state index contributed by atoms with van der Waals surface area (Å²) < 4.78 is 24.9. The van der Waals surface area contributed by atoms with E-state index in [-0.39, 0.29) is 19.8 Å². The van der Waals surface area contributed by atoms with Crippen molar-refractivity contribution >= 4 is 31.5 Å². The Morgan fingerprint density at radius 3 is 2.97 bits per heavy atom. The number of ether oxygens (including phenoxy) is 2. The van der Waals surface area contributed by atoms with E-state index in [1.165, 1.54) is 6.33 Å². The van der Waals surface area contributed by atoms with Crippen LogP contribution in [0.25, 0.3) is 11.2 Å². The molecule has 1 aliphatic heterocycles. The third-order valence-corrected chi connectivity index (χ3v) is 6.28. The highest BCUT2D eigenvalue weighted by atomic mass is 31.2. The smallest absolute Gasteiger partial charge is 0.320 e. The molecule has 3 atom stereocenters. The number of fused-ring (bicyclic) bond motifs is 1. The van der Waals surface area contributed by atoms with Gasteiger partial charge < -0.3 is 24.3 Å². The summed E-state index contributed by atoms with van der Waals surface area (Å²) in [6, 6.07) is 9.14. The number of hydrogen-bond acceptors (Lipinski definition) is 10. The van der Waals surface area contributed by atoms with Gasteiger partial charge in [0.1, 0.15) is 30.4 Å². The lowest BCUT2D eigenvalue weighted by atomic mass is 10.0. The Morgan fingerprint density at radius 1 is 1.38 bits per heavy atom. The van der Waals surface area contributed by atoms with Crippen LogP contribution in [0.15, 0.2) is 43.0 Å². The molecule has 4 rings (SSSR count). The first-order valence-electron chi connectivity index (χ1n) is 10.7. The number of esters is 1. The van der Waals surface area contributed by atoms with Crippen LogP contribution in [-0.4, -0.2) is 50.8 Å². The van der Waals surface area contributed by atoms with Crippen LogP contribution in [0, 0.1) is 12.3 Å².